The fourth-order valence-corrected chi connectivity index (χ4v) is 2.69. The Hall–Kier alpha value is -0.460. The van der Waals surface area contributed by atoms with Crippen LogP contribution in [0.25, 0.3) is 0 Å². The van der Waals surface area contributed by atoms with Gasteiger partial charge in [0.25, 0.3) is 0 Å². The van der Waals surface area contributed by atoms with Crippen molar-refractivity contribution in [1.29, 1.82) is 0 Å². The standard InChI is InChI=1S/C10H20N2O3S/c1-8(10(13)12-3-4-15-2)16(14)7-9-5-11-6-9/h8-9,11H,3-7H2,1-2H3,(H,12,13). The van der Waals surface area contributed by atoms with Crippen LogP contribution < -0.4 is 10.6 Å². The van der Waals surface area contributed by atoms with Crippen LogP contribution in [0.2, 0.25) is 0 Å². The minimum Gasteiger partial charge on any atom is -0.383 e. The summed E-state index contributed by atoms with van der Waals surface area (Å²) < 4.78 is 16.6. The first-order valence-electron chi connectivity index (χ1n) is 5.49. The molecule has 0 radical (unpaired) electrons. The summed E-state index contributed by atoms with van der Waals surface area (Å²) in [7, 11) is 0.509. The Balaban J connectivity index is 2.22. The molecule has 0 aromatic carbocycles. The average molecular weight is 248 g/mol. The van der Waals surface area contributed by atoms with Gasteiger partial charge in [-0.25, -0.2) is 0 Å². The first-order valence-corrected chi connectivity index (χ1v) is 6.88. The van der Waals surface area contributed by atoms with Crippen LogP contribution in [0.4, 0.5) is 0 Å². The first-order chi connectivity index (χ1) is 7.65. The van der Waals surface area contributed by atoms with Gasteiger partial charge in [-0.3, -0.25) is 9.00 Å². The van der Waals surface area contributed by atoms with Gasteiger partial charge < -0.3 is 15.4 Å². The second kappa shape index (κ2) is 6.98. The van der Waals surface area contributed by atoms with E-state index in [9.17, 15) is 9.00 Å². The monoisotopic (exact) mass is 248 g/mol. The van der Waals surface area contributed by atoms with E-state index in [4.69, 9.17) is 4.74 Å². The highest BCUT2D eigenvalue weighted by atomic mass is 32.2. The summed E-state index contributed by atoms with van der Waals surface area (Å²) in [5, 5.41) is 5.39. The quantitative estimate of drug-likeness (QED) is 0.573. The van der Waals surface area contributed by atoms with Crippen molar-refractivity contribution < 1.29 is 13.7 Å². The fraction of sp³-hybridized carbons (Fsp3) is 0.900. The number of ether oxygens (including phenoxy) is 1. The van der Waals surface area contributed by atoms with Gasteiger partial charge >= 0.3 is 0 Å². The third-order valence-corrected chi connectivity index (χ3v) is 4.44. The van der Waals surface area contributed by atoms with Crippen molar-refractivity contribution in [2.24, 2.45) is 5.92 Å². The third-order valence-electron chi connectivity index (χ3n) is 2.63. The number of rotatable bonds is 7. The van der Waals surface area contributed by atoms with Gasteiger partial charge in [0.05, 0.1) is 6.61 Å². The lowest BCUT2D eigenvalue weighted by molar-refractivity contribution is -0.120. The zero-order chi connectivity index (χ0) is 12.0. The summed E-state index contributed by atoms with van der Waals surface area (Å²) in [6, 6.07) is 0. The van der Waals surface area contributed by atoms with E-state index in [1.165, 1.54) is 0 Å². The van der Waals surface area contributed by atoms with Gasteiger partial charge in [-0.1, -0.05) is 0 Å². The molecule has 1 aliphatic rings. The van der Waals surface area contributed by atoms with E-state index in [1.54, 1.807) is 14.0 Å². The number of nitrogens with one attached hydrogen (secondary N) is 2. The van der Waals surface area contributed by atoms with Crippen molar-refractivity contribution in [2.45, 2.75) is 12.2 Å². The maximum Gasteiger partial charge on any atom is 0.235 e. The predicted octanol–water partition coefficient (Wildman–Crippen LogP) is -0.894. The molecule has 0 saturated carbocycles. The smallest absolute Gasteiger partial charge is 0.235 e. The van der Waals surface area contributed by atoms with Crippen molar-refractivity contribution in [3.8, 4) is 0 Å². The highest BCUT2D eigenvalue weighted by molar-refractivity contribution is 7.86. The maximum atomic E-state index is 11.8. The average Bonchev–Trinajstić information content (AvgIpc) is 2.22. The van der Waals surface area contributed by atoms with Crippen LogP contribution in [0.3, 0.4) is 0 Å². The van der Waals surface area contributed by atoms with Gasteiger partial charge in [0.15, 0.2) is 0 Å². The summed E-state index contributed by atoms with van der Waals surface area (Å²) in [6.45, 7) is 4.51. The maximum absolute atomic E-state index is 11.8. The van der Waals surface area contributed by atoms with E-state index < -0.39 is 16.0 Å². The molecule has 1 heterocycles. The van der Waals surface area contributed by atoms with Gasteiger partial charge in [-0.05, 0) is 12.8 Å². The van der Waals surface area contributed by atoms with Crippen LogP contribution in [0.15, 0.2) is 0 Å². The summed E-state index contributed by atoms with van der Waals surface area (Å²) in [4.78, 5) is 11.6. The van der Waals surface area contributed by atoms with Crippen LogP contribution >= 0.6 is 0 Å². The van der Waals surface area contributed by atoms with E-state index >= 15 is 0 Å². The van der Waals surface area contributed by atoms with Crippen LogP contribution in [0.5, 0.6) is 0 Å². The van der Waals surface area contributed by atoms with Crippen LogP contribution in [0, 0.1) is 5.92 Å². The highest BCUT2D eigenvalue weighted by Crippen LogP contribution is 2.08. The van der Waals surface area contributed by atoms with Crippen molar-refractivity contribution in [1.82, 2.24) is 10.6 Å². The zero-order valence-electron chi connectivity index (χ0n) is 9.82. The normalized spacial score (nSPS) is 19.9. The van der Waals surface area contributed by atoms with Gasteiger partial charge in [0.1, 0.15) is 5.25 Å². The molecule has 0 aromatic rings. The summed E-state index contributed by atoms with van der Waals surface area (Å²) in [5.41, 5.74) is 0. The Morgan fingerprint density at radius 1 is 1.62 bits per heavy atom. The Morgan fingerprint density at radius 2 is 2.31 bits per heavy atom. The number of carbonyl (C=O) groups is 1. The number of hydrogen-bond acceptors (Lipinski definition) is 4. The molecule has 5 nitrogen and oxygen atoms in total. The molecule has 1 aliphatic heterocycles. The van der Waals surface area contributed by atoms with Crippen LogP contribution in [0.1, 0.15) is 6.92 Å². The first kappa shape index (κ1) is 13.6. The van der Waals surface area contributed by atoms with E-state index in [0.717, 1.165) is 13.1 Å². The van der Waals surface area contributed by atoms with Crippen LogP contribution in [-0.4, -0.2) is 54.5 Å². The third kappa shape index (κ3) is 4.19. The Kier molecular flexibility index (Phi) is 5.94. The molecule has 94 valence electrons. The molecular weight excluding hydrogens is 228 g/mol. The molecule has 1 rings (SSSR count). The molecule has 1 amide bonds. The number of amides is 1. The van der Waals surface area contributed by atoms with E-state index in [0.29, 0.717) is 24.8 Å². The Bertz CT molecular complexity index is 256. The number of carbonyl (C=O) groups excluding carboxylic acids is 1. The van der Waals surface area contributed by atoms with Crippen LogP contribution in [-0.2, 0) is 20.3 Å². The SMILES string of the molecule is COCCNC(=O)C(C)S(=O)CC1CNC1. The minimum absolute atomic E-state index is 0.150. The molecule has 1 fully saturated rings. The summed E-state index contributed by atoms with van der Waals surface area (Å²) in [6.07, 6.45) is 0. The van der Waals surface area contributed by atoms with Gasteiger partial charge in [-0.2, -0.15) is 0 Å². The van der Waals surface area contributed by atoms with Gasteiger partial charge in [0, 0.05) is 43.3 Å². The zero-order valence-corrected chi connectivity index (χ0v) is 10.6. The molecule has 0 spiro atoms. The van der Waals surface area contributed by atoms with Crippen molar-refractivity contribution in [3.63, 3.8) is 0 Å². The fourth-order valence-electron chi connectivity index (χ4n) is 1.38. The van der Waals surface area contributed by atoms with Gasteiger partial charge in [-0.15, -0.1) is 0 Å². The lowest BCUT2D eigenvalue weighted by Crippen LogP contribution is -2.47. The summed E-state index contributed by atoms with van der Waals surface area (Å²) >= 11 is 0. The molecule has 1 saturated heterocycles. The van der Waals surface area contributed by atoms with Crippen molar-refractivity contribution in [2.75, 3.05) is 39.1 Å². The topological polar surface area (TPSA) is 67.4 Å². The lowest BCUT2D eigenvalue weighted by atomic mass is 10.1. The molecular formula is C10H20N2O3S. The Labute approximate surface area is 98.8 Å². The molecule has 16 heavy (non-hydrogen) atoms. The van der Waals surface area contributed by atoms with Crippen molar-refractivity contribution in [3.05, 3.63) is 0 Å². The largest absolute Gasteiger partial charge is 0.383 e. The molecule has 2 unspecified atom stereocenters. The number of hydrogen-bond donors (Lipinski definition) is 2. The highest BCUT2D eigenvalue weighted by Gasteiger charge is 2.25. The predicted molar refractivity (Wildman–Crippen MR) is 63.7 cm³/mol. The van der Waals surface area contributed by atoms with E-state index in [2.05, 4.69) is 10.6 Å². The Morgan fingerprint density at radius 3 is 2.81 bits per heavy atom. The molecule has 0 aliphatic carbocycles. The molecule has 0 bridgehead atoms. The summed E-state index contributed by atoms with van der Waals surface area (Å²) in [5.74, 6) is 0.934. The molecule has 2 N–H and O–H groups in total. The van der Waals surface area contributed by atoms with E-state index in [-0.39, 0.29) is 5.91 Å². The molecule has 0 aromatic heterocycles. The minimum atomic E-state index is -1.07. The second-order valence-corrected chi connectivity index (χ2v) is 5.80. The number of methoxy groups -OCH3 is 1. The van der Waals surface area contributed by atoms with Crippen molar-refractivity contribution >= 4 is 16.7 Å². The molecule has 2 atom stereocenters. The van der Waals surface area contributed by atoms with Gasteiger partial charge in [0.2, 0.25) is 5.91 Å². The molecule has 6 heteroatoms. The second-order valence-electron chi connectivity index (χ2n) is 4.00. The lowest BCUT2D eigenvalue weighted by Gasteiger charge is -2.27. The van der Waals surface area contributed by atoms with E-state index in [1.807, 2.05) is 0 Å².